The summed E-state index contributed by atoms with van der Waals surface area (Å²) in [4.78, 5) is 2.53. The molecule has 4 heteroatoms. The Hall–Kier alpha value is -1.10. The van der Waals surface area contributed by atoms with Crippen LogP contribution >= 0.6 is 0 Å². The van der Waals surface area contributed by atoms with Crippen LogP contribution in [0.2, 0.25) is 0 Å². The highest BCUT2D eigenvalue weighted by atomic mass is 16.3. The average Bonchev–Trinajstić information content (AvgIpc) is 2.62. The van der Waals surface area contributed by atoms with Gasteiger partial charge < -0.3 is 15.5 Å². The third-order valence-corrected chi connectivity index (χ3v) is 6.02. The SMILES string of the molecule is CC(CCc1ccc(O)cc1)NC1CCN(C2CCCCC2O)CC1. The molecule has 3 N–H and O–H groups in total. The maximum absolute atomic E-state index is 10.3. The van der Waals surface area contributed by atoms with Gasteiger partial charge in [0.15, 0.2) is 0 Å². The largest absolute Gasteiger partial charge is 0.508 e. The Balaban J connectivity index is 1.37. The van der Waals surface area contributed by atoms with Crippen molar-refractivity contribution in [1.82, 2.24) is 10.2 Å². The number of phenols is 1. The molecule has 3 unspecified atom stereocenters. The van der Waals surface area contributed by atoms with Gasteiger partial charge in [0.2, 0.25) is 0 Å². The number of aliphatic hydroxyl groups excluding tert-OH is 1. The summed E-state index contributed by atoms with van der Waals surface area (Å²) in [6.45, 7) is 4.51. The molecule has 4 nitrogen and oxygen atoms in total. The molecule has 1 heterocycles. The molecule has 1 saturated heterocycles. The molecule has 0 bridgehead atoms. The van der Waals surface area contributed by atoms with Crippen molar-refractivity contribution >= 4 is 0 Å². The minimum atomic E-state index is -0.109. The van der Waals surface area contributed by atoms with Crippen LogP contribution in [0.1, 0.15) is 57.4 Å². The van der Waals surface area contributed by atoms with E-state index < -0.39 is 0 Å². The first kappa shape index (κ1) is 18.7. The Kier molecular flexibility index (Phi) is 6.74. The number of aliphatic hydroxyl groups is 1. The quantitative estimate of drug-likeness (QED) is 0.741. The predicted octanol–water partition coefficient (Wildman–Crippen LogP) is 3.07. The van der Waals surface area contributed by atoms with Gasteiger partial charge in [-0.05, 0) is 63.1 Å². The van der Waals surface area contributed by atoms with Crippen LogP contribution in [0.5, 0.6) is 5.75 Å². The second-order valence-electron chi connectivity index (χ2n) is 8.00. The predicted molar refractivity (Wildman–Crippen MR) is 102 cm³/mol. The number of benzene rings is 1. The van der Waals surface area contributed by atoms with Gasteiger partial charge >= 0.3 is 0 Å². The number of aryl methyl sites for hydroxylation is 1. The molecule has 2 fully saturated rings. The molecule has 0 aromatic heterocycles. The van der Waals surface area contributed by atoms with E-state index in [4.69, 9.17) is 0 Å². The summed E-state index contributed by atoms with van der Waals surface area (Å²) in [7, 11) is 0. The van der Waals surface area contributed by atoms with E-state index in [0.717, 1.165) is 32.4 Å². The Labute approximate surface area is 152 Å². The van der Waals surface area contributed by atoms with Gasteiger partial charge in [-0.25, -0.2) is 0 Å². The van der Waals surface area contributed by atoms with Crippen LogP contribution in [0, 0.1) is 0 Å². The van der Waals surface area contributed by atoms with Crippen molar-refractivity contribution in [2.75, 3.05) is 13.1 Å². The molecule has 0 radical (unpaired) electrons. The summed E-state index contributed by atoms with van der Waals surface area (Å²) in [6, 6.07) is 9.07. The van der Waals surface area contributed by atoms with Crippen molar-refractivity contribution in [3.8, 4) is 5.75 Å². The van der Waals surface area contributed by atoms with Crippen molar-refractivity contribution in [2.45, 2.75) is 82.5 Å². The molecule has 0 spiro atoms. The van der Waals surface area contributed by atoms with Crippen molar-refractivity contribution < 1.29 is 10.2 Å². The molecule has 140 valence electrons. The Morgan fingerprint density at radius 1 is 1.08 bits per heavy atom. The molecule has 0 amide bonds. The van der Waals surface area contributed by atoms with Crippen LogP contribution in [0.15, 0.2) is 24.3 Å². The fourth-order valence-electron chi connectivity index (χ4n) is 4.45. The van der Waals surface area contributed by atoms with Gasteiger partial charge in [0.05, 0.1) is 6.10 Å². The zero-order valence-corrected chi connectivity index (χ0v) is 15.5. The van der Waals surface area contributed by atoms with E-state index >= 15 is 0 Å². The standard InChI is InChI=1S/C21H34N2O2/c1-16(6-7-17-8-10-19(24)11-9-17)22-18-12-14-23(15-13-18)20-4-2-3-5-21(20)25/h8-11,16,18,20-22,24-25H,2-7,12-15H2,1H3. The number of hydrogen-bond donors (Lipinski definition) is 3. The molecule has 1 aliphatic heterocycles. The monoisotopic (exact) mass is 346 g/mol. The first-order valence-corrected chi connectivity index (χ1v) is 10.1. The van der Waals surface area contributed by atoms with Gasteiger partial charge in [0, 0.05) is 31.2 Å². The van der Waals surface area contributed by atoms with Crippen LogP contribution in [-0.4, -0.2) is 52.4 Å². The second-order valence-corrected chi connectivity index (χ2v) is 8.00. The molecule has 1 aliphatic carbocycles. The molecule has 3 rings (SSSR count). The first-order valence-electron chi connectivity index (χ1n) is 10.1. The summed E-state index contributed by atoms with van der Waals surface area (Å²) in [6.07, 6.45) is 9.04. The van der Waals surface area contributed by atoms with E-state index in [0.29, 0.717) is 23.9 Å². The number of phenolic OH excluding ortho intramolecular Hbond substituents is 1. The van der Waals surface area contributed by atoms with Gasteiger partial charge in [-0.15, -0.1) is 0 Å². The Bertz CT molecular complexity index is 511. The van der Waals surface area contributed by atoms with Crippen LogP contribution in [0.3, 0.4) is 0 Å². The van der Waals surface area contributed by atoms with Gasteiger partial charge in [0.1, 0.15) is 5.75 Å². The van der Waals surface area contributed by atoms with Crippen molar-refractivity contribution in [3.63, 3.8) is 0 Å². The summed E-state index contributed by atoms with van der Waals surface area (Å²) in [5.41, 5.74) is 1.28. The number of rotatable bonds is 6. The lowest BCUT2D eigenvalue weighted by molar-refractivity contribution is 0.00667. The Morgan fingerprint density at radius 3 is 2.44 bits per heavy atom. The molecular formula is C21H34N2O2. The lowest BCUT2D eigenvalue weighted by Crippen LogP contribution is -2.52. The van der Waals surface area contributed by atoms with Crippen molar-refractivity contribution in [3.05, 3.63) is 29.8 Å². The van der Waals surface area contributed by atoms with Crippen LogP contribution in [0.4, 0.5) is 0 Å². The summed E-state index contributed by atoms with van der Waals surface area (Å²) in [5, 5.41) is 23.4. The topological polar surface area (TPSA) is 55.7 Å². The van der Waals surface area contributed by atoms with Gasteiger partial charge in [-0.3, -0.25) is 4.90 Å². The minimum Gasteiger partial charge on any atom is -0.508 e. The van der Waals surface area contributed by atoms with Crippen molar-refractivity contribution in [1.29, 1.82) is 0 Å². The summed E-state index contributed by atoms with van der Waals surface area (Å²) in [5.74, 6) is 0.338. The van der Waals surface area contributed by atoms with E-state index in [9.17, 15) is 10.2 Å². The van der Waals surface area contributed by atoms with Crippen LogP contribution in [0.25, 0.3) is 0 Å². The lowest BCUT2D eigenvalue weighted by Gasteiger charge is -2.42. The van der Waals surface area contributed by atoms with Gasteiger partial charge in [0.25, 0.3) is 0 Å². The molecule has 1 saturated carbocycles. The van der Waals surface area contributed by atoms with Crippen molar-refractivity contribution in [2.24, 2.45) is 0 Å². The third kappa shape index (κ3) is 5.44. The van der Waals surface area contributed by atoms with Crippen LogP contribution < -0.4 is 5.32 Å². The normalized spacial score (nSPS) is 27.3. The summed E-state index contributed by atoms with van der Waals surface area (Å²) < 4.78 is 0. The number of hydrogen-bond acceptors (Lipinski definition) is 4. The molecule has 1 aromatic rings. The van der Waals surface area contributed by atoms with E-state index in [-0.39, 0.29) is 6.10 Å². The lowest BCUT2D eigenvalue weighted by atomic mass is 9.89. The number of likely N-dealkylation sites (tertiary alicyclic amines) is 1. The number of piperidine rings is 1. The average molecular weight is 347 g/mol. The molecule has 3 atom stereocenters. The maximum atomic E-state index is 10.3. The molecule has 2 aliphatic rings. The number of nitrogens with zero attached hydrogens (tertiary/aromatic N) is 1. The van der Waals surface area contributed by atoms with E-state index in [1.165, 1.54) is 37.7 Å². The zero-order valence-electron chi connectivity index (χ0n) is 15.5. The third-order valence-electron chi connectivity index (χ3n) is 6.02. The minimum absolute atomic E-state index is 0.109. The van der Waals surface area contributed by atoms with E-state index in [1.807, 2.05) is 12.1 Å². The van der Waals surface area contributed by atoms with E-state index in [2.05, 4.69) is 17.1 Å². The Morgan fingerprint density at radius 2 is 1.76 bits per heavy atom. The highest BCUT2D eigenvalue weighted by Gasteiger charge is 2.31. The molecule has 1 aromatic carbocycles. The summed E-state index contributed by atoms with van der Waals surface area (Å²) >= 11 is 0. The smallest absolute Gasteiger partial charge is 0.115 e. The van der Waals surface area contributed by atoms with Crippen LogP contribution in [-0.2, 0) is 6.42 Å². The highest BCUT2D eigenvalue weighted by molar-refractivity contribution is 5.25. The van der Waals surface area contributed by atoms with Gasteiger partial charge in [-0.1, -0.05) is 25.0 Å². The van der Waals surface area contributed by atoms with Gasteiger partial charge in [-0.2, -0.15) is 0 Å². The second kappa shape index (κ2) is 9.02. The molecular weight excluding hydrogens is 312 g/mol. The zero-order chi connectivity index (χ0) is 17.6. The molecule has 25 heavy (non-hydrogen) atoms. The van der Waals surface area contributed by atoms with E-state index in [1.54, 1.807) is 12.1 Å². The highest BCUT2D eigenvalue weighted by Crippen LogP contribution is 2.26. The maximum Gasteiger partial charge on any atom is 0.115 e. The number of nitrogens with one attached hydrogen (secondary N) is 1. The first-order chi connectivity index (χ1) is 12.1. The fraction of sp³-hybridized carbons (Fsp3) is 0.714. The number of aromatic hydroxyl groups is 1. The fourth-order valence-corrected chi connectivity index (χ4v) is 4.45.